The van der Waals surface area contributed by atoms with Crippen LogP contribution in [0.4, 0.5) is 8.78 Å². The van der Waals surface area contributed by atoms with Crippen molar-refractivity contribution < 1.29 is 8.78 Å². The monoisotopic (exact) mass is 468 g/mol. The van der Waals surface area contributed by atoms with Crippen molar-refractivity contribution in [1.29, 1.82) is 0 Å². The van der Waals surface area contributed by atoms with Gasteiger partial charge in [0, 0.05) is 11.1 Å². The highest BCUT2D eigenvalue weighted by Crippen LogP contribution is 2.34. The lowest BCUT2D eigenvalue weighted by atomic mass is 9.99. The molecule has 0 amide bonds. The van der Waals surface area contributed by atoms with E-state index in [4.69, 9.17) is 9.97 Å². The van der Waals surface area contributed by atoms with Gasteiger partial charge in [-0.05, 0) is 117 Å². The Labute approximate surface area is 205 Å². The summed E-state index contributed by atoms with van der Waals surface area (Å²) in [6.07, 6.45) is 0. The van der Waals surface area contributed by atoms with Gasteiger partial charge in [0.25, 0.3) is 0 Å². The maximum Gasteiger partial charge on any atom is 0.123 e. The standard InChI is InChI=1S/C32H18F2N2/c33-27-9-5-19(6-10-27)31-32(20-7-11-28(34)12-8-20)36-30-18-26-16-24-14-22-4-2-1-3-21(22)13-23(24)15-25(26)17-29(30)35-31/h1-18H. The zero-order valence-corrected chi connectivity index (χ0v) is 19.0. The molecule has 0 aliphatic carbocycles. The third-order valence-electron chi connectivity index (χ3n) is 6.68. The highest BCUT2D eigenvalue weighted by atomic mass is 19.1. The topological polar surface area (TPSA) is 25.8 Å². The van der Waals surface area contributed by atoms with E-state index in [0.717, 1.165) is 43.7 Å². The average molecular weight is 469 g/mol. The molecular formula is C32H18F2N2. The maximum absolute atomic E-state index is 13.6. The molecule has 0 saturated carbocycles. The fourth-order valence-electron chi connectivity index (χ4n) is 4.86. The SMILES string of the molecule is Fc1ccc(-c2nc3cc4cc5cc6ccccc6cc5cc4cc3nc2-c2ccc(F)cc2)cc1. The fourth-order valence-corrected chi connectivity index (χ4v) is 4.86. The molecule has 0 radical (unpaired) electrons. The van der Waals surface area contributed by atoms with Crippen LogP contribution in [-0.4, -0.2) is 9.97 Å². The van der Waals surface area contributed by atoms with Crippen molar-refractivity contribution in [3.63, 3.8) is 0 Å². The normalized spacial score (nSPS) is 11.6. The molecule has 0 aliphatic heterocycles. The highest BCUT2D eigenvalue weighted by Gasteiger charge is 2.15. The van der Waals surface area contributed by atoms with Crippen LogP contribution in [0.3, 0.4) is 0 Å². The van der Waals surface area contributed by atoms with Crippen LogP contribution in [0.25, 0.3) is 65.9 Å². The van der Waals surface area contributed by atoms with Gasteiger partial charge in [-0.25, -0.2) is 18.7 Å². The van der Waals surface area contributed by atoms with Gasteiger partial charge in [0.1, 0.15) is 11.6 Å². The minimum Gasteiger partial charge on any atom is -0.244 e. The van der Waals surface area contributed by atoms with Gasteiger partial charge in [-0.2, -0.15) is 0 Å². The molecule has 0 spiro atoms. The number of aromatic nitrogens is 2. The summed E-state index contributed by atoms with van der Waals surface area (Å²) in [7, 11) is 0. The molecule has 0 atom stereocenters. The summed E-state index contributed by atoms with van der Waals surface area (Å²) < 4.78 is 27.3. The number of nitrogens with zero attached hydrogens (tertiary/aromatic N) is 2. The van der Waals surface area contributed by atoms with Crippen LogP contribution < -0.4 is 0 Å². The quantitative estimate of drug-likeness (QED) is 0.237. The van der Waals surface area contributed by atoms with E-state index in [1.54, 1.807) is 24.3 Å². The molecule has 4 heteroatoms. The van der Waals surface area contributed by atoms with Crippen LogP contribution in [-0.2, 0) is 0 Å². The molecule has 36 heavy (non-hydrogen) atoms. The lowest BCUT2D eigenvalue weighted by Gasteiger charge is -2.12. The Bertz CT molecular complexity index is 1800. The van der Waals surface area contributed by atoms with Gasteiger partial charge in [-0.1, -0.05) is 24.3 Å². The van der Waals surface area contributed by atoms with E-state index >= 15 is 0 Å². The van der Waals surface area contributed by atoms with E-state index in [-0.39, 0.29) is 11.6 Å². The lowest BCUT2D eigenvalue weighted by molar-refractivity contribution is 0.627. The minimum atomic E-state index is -0.318. The Hall–Kier alpha value is -4.70. The van der Waals surface area contributed by atoms with Crippen molar-refractivity contribution in [2.45, 2.75) is 0 Å². The van der Waals surface area contributed by atoms with Gasteiger partial charge in [0.15, 0.2) is 0 Å². The highest BCUT2D eigenvalue weighted by molar-refractivity contribution is 6.07. The Balaban J connectivity index is 1.50. The predicted octanol–water partition coefficient (Wildman–Crippen LogP) is 8.70. The van der Waals surface area contributed by atoms with Crippen molar-refractivity contribution in [1.82, 2.24) is 9.97 Å². The maximum atomic E-state index is 13.6. The summed E-state index contributed by atoms with van der Waals surface area (Å²) in [5.74, 6) is -0.637. The molecule has 6 aromatic carbocycles. The lowest BCUT2D eigenvalue weighted by Crippen LogP contribution is -1.96. The molecule has 170 valence electrons. The summed E-state index contributed by atoms with van der Waals surface area (Å²) in [4.78, 5) is 9.95. The number of hydrogen-bond donors (Lipinski definition) is 0. The fraction of sp³-hybridized carbons (Fsp3) is 0. The molecular weight excluding hydrogens is 450 g/mol. The molecule has 0 fully saturated rings. The summed E-state index contributed by atoms with van der Waals surface area (Å²) in [6.45, 7) is 0. The van der Waals surface area contributed by atoms with Crippen molar-refractivity contribution in [3.8, 4) is 22.5 Å². The molecule has 0 aliphatic rings. The number of benzene rings is 6. The van der Waals surface area contributed by atoms with Crippen molar-refractivity contribution in [2.75, 3.05) is 0 Å². The number of halogens is 2. The first-order chi connectivity index (χ1) is 17.6. The van der Waals surface area contributed by atoms with Gasteiger partial charge in [-0.3, -0.25) is 0 Å². The van der Waals surface area contributed by atoms with Crippen LogP contribution in [0.5, 0.6) is 0 Å². The number of fused-ring (bicyclic) bond motifs is 4. The van der Waals surface area contributed by atoms with Crippen LogP contribution in [0.15, 0.2) is 109 Å². The molecule has 1 heterocycles. The van der Waals surface area contributed by atoms with E-state index in [9.17, 15) is 8.78 Å². The average Bonchev–Trinajstić information content (AvgIpc) is 2.90. The van der Waals surface area contributed by atoms with E-state index in [0.29, 0.717) is 11.4 Å². The summed E-state index contributed by atoms with van der Waals surface area (Å²) >= 11 is 0. The third-order valence-corrected chi connectivity index (χ3v) is 6.68. The summed E-state index contributed by atoms with van der Waals surface area (Å²) in [5, 5.41) is 6.86. The first kappa shape index (κ1) is 20.7. The van der Waals surface area contributed by atoms with Crippen molar-refractivity contribution in [2.24, 2.45) is 0 Å². The van der Waals surface area contributed by atoms with Gasteiger partial charge < -0.3 is 0 Å². The van der Waals surface area contributed by atoms with Crippen LogP contribution >= 0.6 is 0 Å². The van der Waals surface area contributed by atoms with E-state index < -0.39 is 0 Å². The zero-order valence-electron chi connectivity index (χ0n) is 19.0. The van der Waals surface area contributed by atoms with Crippen molar-refractivity contribution >= 4 is 43.4 Å². The smallest absolute Gasteiger partial charge is 0.123 e. The second-order valence-electron chi connectivity index (χ2n) is 9.02. The number of hydrogen-bond acceptors (Lipinski definition) is 2. The van der Waals surface area contributed by atoms with Gasteiger partial charge >= 0.3 is 0 Å². The summed E-state index contributed by atoms with van der Waals surface area (Å²) in [5.41, 5.74) is 4.23. The van der Waals surface area contributed by atoms with E-state index in [1.165, 1.54) is 35.0 Å². The second kappa shape index (κ2) is 7.92. The summed E-state index contributed by atoms with van der Waals surface area (Å²) in [6, 6.07) is 33.6. The van der Waals surface area contributed by atoms with Crippen LogP contribution in [0.2, 0.25) is 0 Å². The molecule has 0 N–H and O–H groups in total. The largest absolute Gasteiger partial charge is 0.244 e. The molecule has 2 nitrogen and oxygen atoms in total. The molecule has 7 aromatic rings. The molecule has 0 bridgehead atoms. The van der Waals surface area contributed by atoms with E-state index in [2.05, 4.69) is 36.4 Å². The first-order valence-electron chi connectivity index (χ1n) is 11.7. The minimum absolute atomic E-state index is 0.318. The Morgan fingerprint density at radius 1 is 0.389 bits per heavy atom. The predicted molar refractivity (Wildman–Crippen MR) is 143 cm³/mol. The first-order valence-corrected chi connectivity index (χ1v) is 11.7. The van der Waals surface area contributed by atoms with Crippen LogP contribution in [0.1, 0.15) is 0 Å². The second-order valence-corrected chi connectivity index (χ2v) is 9.02. The van der Waals surface area contributed by atoms with E-state index in [1.807, 2.05) is 24.3 Å². The zero-order chi connectivity index (χ0) is 24.2. The molecule has 1 aromatic heterocycles. The van der Waals surface area contributed by atoms with Crippen molar-refractivity contribution in [3.05, 3.63) is 121 Å². The van der Waals surface area contributed by atoms with Gasteiger partial charge in [0.05, 0.1) is 22.4 Å². The van der Waals surface area contributed by atoms with Gasteiger partial charge in [0.2, 0.25) is 0 Å². The van der Waals surface area contributed by atoms with Crippen LogP contribution in [0, 0.1) is 11.6 Å². The Morgan fingerprint density at radius 3 is 1.17 bits per heavy atom. The molecule has 0 saturated heterocycles. The Kier molecular flexibility index (Phi) is 4.55. The Morgan fingerprint density at radius 2 is 0.750 bits per heavy atom. The molecule has 0 unspecified atom stereocenters. The van der Waals surface area contributed by atoms with Gasteiger partial charge in [-0.15, -0.1) is 0 Å². The third kappa shape index (κ3) is 3.46. The number of rotatable bonds is 2. The molecule has 7 rings (SSSR count).